The zero-order chi connectivity index (χ0) is 14.7. The molecule has 1 aliphatic heterocycles. The lowest BCUT2D eigenvalue weighted by Crippen LogP contribution is -2.32. The number of hydrogen-bond acceptors (Lipinski definition) is 3. The van der Waals surface area contributed by atoms with Crippen molar-refractivity contribution in [3.63, 3.8) is 0 Å². The predicted molar refractivity (Wildman–Crippen MR) is 85.9 cm³/mol. The highest BCUT2D eigenvalue weighted by Gasteiger charge is 2.17. The minimum atomic E-state index is -0.439. The summed E-state index contributed by atoms with van der Waals surface area (Å²) in [5.74, 6) is 0. The molecule has 1 unspecified atom stereocenters. The summed E-state index contributed by atoms with van der Waals surface area (Å²) in [6.07, 6.45) is 1.40. The Morgan fingerprint density at radius 2 is 1.90 bits per heavy atom. The monoisotopic (exact) mass is 282 g/mol. The second-order valence-electron chi connectivity index (χ2n) is 5.77. The second kappa shape index (κ2) is 6.29. The van der Waals surface area contributed by atoms with E-state index >= 15 is 0 Å². The molecule has 3 rings (SSSR count). The van der Waals surface area contributed by atoms with Crippen molar-refractivity contribution in [2.45, 2.75) is 25.5 Å². The number of anilines is 1. The highest BCUT2D eigenvalue weighted by Crippen LogP contribution is 2.22. The second-order valence-corrected chi connectivity index (χ2v) is 5.77. The first-order chi connectivity index (χ1) is 10.2. The number of rotatable bonds is 4. The summed E-state index contributed by atoms with van der Waals surface area (Å²) in [6, 6.07) is 16.2. The Balaban J connectivity index is 1.57. The molecule has 0 amide bonds. The standard InChI is InChI=1S/C18H22N2O/c19-17-7-3-6-15(12-17)18(21)9-11-20-10-8-14-4-1-2-5-16(14)13-20/h1-7,12,18,21H,8-11,13,19H2. The smallest absolute Gasteiger partial charge is 0.0803 e. The zero-order valence-corrected chi connectivity index (χ0v) is 12.2. The van der Waals surface area contributed by atoms with E-state index in [-0.39, 0.29) is 0 Å². The average Bonchev–Trinajstić information content (AvgIpc) is 2.52. The largest absolute Gasteiger partial charge is 0.399 e. The van der Waals surface area contributed by atoms with Crippen LogP contribution >= 0.6 is 0 Å². The third-order valence-corrected chi connectivity index (χ3v) is 4.22. The van der Waals surface area contributed by atoms with Crippen molar-refractivity contribution in [1.29, 1.82) is 0 Å². The van der Waals surface area contributed by atoms with Gasteiger partial charge in [-0.05, 0) is 41.7 Å². The molecule has 3 heteroatoms. The van der Waals surface area contributed by atoms with Crippen LogP contribution in [0.2, 0.25) is 0 Å². The lowest BCUT2D eigenvalue weighted by atomic mass is 9.99. The highest BCUT2D eigenvalue weighted by molar-refractivity contribution is 5.41. The Morgan fingerprint density at radius 3 is 2.71 bits per heavy atom. The van der Waals surface area contributed by atoms with Crippen LogP contribution in [0.5, 0.6) is 0 Å². The molecule has 0 radical (unpaired) electrons. The lowest BCUT2D eigenvalue weighted by molar-refractivity contribution is 0.137. The molecule has 0 aliphatic carbocycles. The Kier molecular flexibility index (Phi) is 4.23. The van der Waals surface area contributed by atoms with Crippen LogP contribution < -0.4 is 5.73 Å². The van der Waals surface area contributed by atoms with Crippen LogP contribution in [0.4, 0.5) is 5.69 Å². The molecular formula is C18H22N2O. The van der Waals surface area contributed by atoms with Gasteiger partial charge < -0.3 is 10.8 Å². The van der Waals surface area contributed by atoms with Crippen molar-refractivity contribution < 1.29 is 5.11 Å². The van der Waals surface area contributed by atoms with Crippen LogP contribution in [-0.2, 0) is 13.0 Å². The van der Waals surface area contributed by atoms with Gasteiger partial charge in [-0.1, -0.05) is 36.4 Å². The fourth-order valence-corrected chi connectivity index (χ4v) is 2.98. The molecule has 0 bridgehead atoms. The van der Waals surface area contributed by atoms with E-state index in [1.807, 2.05) is 24.3 Å². The molecule has 1 aliphatic rings. The number of benzene rings is 2. The van der Waals surface area contributed by atoms with Gasteiger partial charge in [0, 0.05) is 25.3 Å². The zero-order valence-electron chi connectivity index (χ0n) is 12.2. The molecule has 0 fully saturated rings. The van der Waals surface area contributed by atoms with E-state index in [1.165, 1.54) is 11.1 Å². The number of aliphatic hydroxyl groups excluding tert-OH is 1. The van der Waals surface area contributed by atoms with Crippen molar-refractivity contribution in [1.82, 2.24) is 4.90 Å². The molecule has 110 valence electrons. The van der Waals surface area contributed by atoms with E-state index < -0.39 is 6.10 Å². The first-order valence-corrected chi connectivity index (χ1v) is 7.55. The summed E-state index contributed by atoms with van der Waals surface area (Å²) in [7, 11) is 0. The first kappa shape index (κ1) is 14.1. The topological polar surface area (TPSA) is 49.5 Å². The summed E-state index contributed by atoms with van der Waals surface area (Å²) in [5.41, 5.74) is 10.3. The maximum Gasteiger partial charge on any atom is 0.0803 e. The molecule has 1 heterocycles. The van der Waals surface area contributed by atoms with E-state index in [9.17, 15) is 5.11 Å². The lowest BCUT2D eigenvalue weighted by Gasteiger charge is -2.29. The van der Waals surface area contributed by atoms with Gasteiger partial charge in [0.1, 0.15) is 0 Å². The number of fused-ring (bicyclic) bond motifs is 1. The van der Waals surface area contributed by atoms with Crippen molar-refractivity contribution >= 4 is 5.69 Å². The van der Waals surface area contributed by atoms with Crippen LogP contribution in [0, 0.1) is 0 Å². The van der Waals surface area contributed by atoms with Gasteiger partial charge in [0.05, 0.1) is 6.10 Å². The summed E-state index contributed by atoms with van der Waals surface area (Å²) in [6.45, 7) is 2.96. The van der Waals surface area contributed by atoms with Gasteiger partial charge >= 0.3 is 0 Å². The van der Waals surface area contributed by atoms with Gasteiger partial charge in [0.2, 0.25) is 0 Å². The SMILES string of the molecule is Nc1cccc(C(O)CCN2CCc3ccccc3C2)c1. The number of aliphatic hydroxyl groups is 1. The van der Waals surface area contributed by atoms with Gasteiger partial charge in [-0.3, -0.25) is 4.90 Å². The molecule has 0 aromatic heterocycles. The summed E-state index contributed by atoms with van der Waals surface area (Å²) in [4.78, 5) is 2.41. The highest BCUT2D eigenvalue weighted by atomic mass is 16.3. The summed E-state index contributed by atoms with van der Waals surface area (Å²) < 4.78 is 0. The predicted octanol–water partition coefficient (Wildman–Crippen LogP) is 2.75. The van der Waals surface area contributed by atoms with E-state index in [0.717, 1.165) is 38.0 Å². The quantitative estimate of drug-likeness (QED) is 0.848. The molecule has 21 heavy (non-hydrogen) atoms. The van der Waals surface area contributed by atoms with Crippen LogP contribution in [0.3, 0.4) is 0 Å². The Bertz CT molecular complexity index is 612. The summed E-state index contributed by atoms with van der Waals surface area (Å²) in [5, 5.41) is 10.3. The molecule has 2 aromatic carbocycles. The van der Waals surface area contributed by atoms with Gasteiger partial charge in [-0.2, -0.15) is 0 Å². The van der Waals surface area contributed by atoms with Crippen molar-refractivity contribution in [3.8, 4) is 0 Å². The molecule has 2 aromatic rings. The van der Waals surface area contributed by atoms with E-state index in [2.05, 4.69) is 29.2 Å². The van der Waals surface area contributed by atoms with Gasteiger partial charge in [0.15, 0.2) is 0 Å². The van der Waals surface area contributed by atoms with Crippen LogP contribution in [0.15, 0.2) is 48.5 Å². The summed E-state index contributed by atoms with van der Waals surface area (Å²) >= 11 is 0. The van der Waals surface area contributed by atoms with E-state index in [4.69, 9.17) is 5.73 Å². The van der Waals surface area contributed by atoms with Gasteiger partial charge in [0.25, 0.3) is 0 Å². The van der Waals surface area contributed by atoms with Crippen molar-refractivity contribution in [3.05, 3.63) is 65.2 Å². The molecule has 3 nitrogen and oxygen atoms in total. The van der Waals surface area contributed by atoms with Crippen molar-refractivity contribution in [2.24, 2.45) is 0 Å². The van der Waals surface area contributed by atoms with Gasteiger partial charge in [-0.25, -0.2) is 0 Å². The Morgan fingerprint density at radius 1 is 1.10 bits per heavy atom. The Hall–Kier alpha value is -1.84. The van der Waals surface area contributed by atoms with E-state index in [0.29, 0.717) is 5.69 Å². The number of nitrogen functional groups attached to an aromatic ring is 1. The molecular weight excluding hydrogens is 260 g/mol. The third kappa shape index (κ3) is 3.43. The maximum absolute atomic E-state index is 10.3. The third-order valence-electron chi connectivity index (χ3n) is 4.22. The van der Waals surface area contributed by atoms with Crippen LogP contribution in [0.25, 0.3) is 0 Å². The van der Waals surface area contributed by atoms with Crippen LogP contribution in [0.1, 0.15) is 29.2 Å². The maximum atomic E-state index is 10.3. The van der Waals surface area contributed by atoms with Gasteiger partial charge in [-0.15, -0.1) is 0 Å². The first-order valence-electron chi connectivity index (χ1n) is 7.55. The van der Waals surface area contributed by atoms with Crippen LogP contribution in [-0.4, -0.2) is 23.1 Å². The fraction of sp³-hybridized carbons (Fsp3) is 0.333. The minimum Gasteiger partial charge on any atom is -0.399 e. The molecule has 0 spiro atoms. The minimum absolute atomic E-state index is 0.439. The number of nitrogens with two attached hydrogens (primary N) is 1. The number of nitrogens with zero attached hydrogens (tertiary/aromatic N) is 1. The number of hydrogen-bond donors (Lipinski definition) is 2. The molecule has 1 atom stereocenters. The van der Waals surface area contributed by atoms with E-state index in [1.54, 1.807) is 0 Å². The fourth-order valence-electron chi connectivity index (χ4n) is 2.98. The Labute approximate surface area is 126 Å². The molecule has 0 saturated heterocycles. The normalized spacial score (nSPS) is 16.4. The molecule has 3 N–H and O–H groups in total. The molecule has 0 saturated carbocycles. The average molecular weight is 282 g/mol. The van der Waals surface area contributed by atoms with Crippen molar-refractivity contribution in [2.75, 3.05) is 18.8 Å².